The molecule has 0 amide bonds. The van der Waals surface area contributed by atoms with Crippen LogP contribution in [0.25, 0.3) is 0 Å². The van der Waals surface area contributed by atoms with Gasteiger partial charge in [-0.05, 0) is 48.4 Å². The zero-order chi connectivity index (χ0) is 14.0. The molecule has 4 heteroatoms. The average Bonchev–Trinajstić information content (AvgIpc) is 2.36. The van der Waals surface area contributed by atoms with E-state index in [0.29, 0.717) is 16.1 Å². The number of hydrogen-bond donors (Lipinski definition) is 0. The Bertz CT molecular complexity index is 638. The minimum absolute atomic E-state index is 0.0757. The van der Waals surface area contributed by atoms with Gasteiger partial charge >= 0.3 is 0 Å². The molecule has 98 valence electrons. The van der Waals surface area contributed by atoms with Crippen molar-refractivity contribution in [1.29, 1.82) is 0 Å². The van der Waals surface area contributed by atoms with Gasteiger partial charge in [0.25, 0.3) is 0 Å². The zero-order valence-electron chi connectivity index (χ0n) is 10.2. The number of Topliss-reactive ketones (excluding diaryl/α,β-unsaturated/α-hetero) is 1. The van der Waals surface area contributed by atoms with E-state index in [1.165, 1.54) is 18.2 Å². The number of aryl methyl sites for hydroxylation is 1. The first-order chi connectivity index (χ1) is 8.97. The summed E-state index contributed by atoms with van der Waals surface area (Å²) >= 11 is 11.8. The number of benzene rings is 2. The summed E-state index contributed by atoms with van der Waals surface area (Å²) in [7, 11) is 0. The van der Waals surface area contributed by atoms with Crippen molar-refractivity contribution in [1.82, 2.24) is 0 Å². The Morgan fingerprint density at radius 3 is 2.47 bits per heavy atom. The van der Waals surface area contributed by atoms with Gasteiger partial charge in [-0.1, -0.05) is 29.3 Å². The van der Waals surface area contributed by atoms with Gasteiger partial charge in [-0.3, -0.25) is 4.79 Å². The van der Waals surface area contributed by atoms with Crippen LogP contribution >= 0.6 is 23.2 Å². The number of ketones is 1. The van der Waals surface area contributed by atoms with E-state index in [-0.39, 0.29) is 17.2 Å². The van der Waals surface area contributed by atoms with E-state index in [9.17, 15) is 9.18 Å². The van der Waals surface area contributed by atoms with Crippen molar-refractivity contribution in [2.75, 3.05) is 0 Å². The second-order valence-corrected chi connectivity index (χ2v) is 5.11. The van der Waals surface area contributed by atoms with Gasteiger partial charge in [0, 0.05) is 22.0 Å². The molecule has 19 heavy (non-hydrogen) atoms. The molecule has 2 rings (SSSR count). The Labute approximate surface area is 121 Å². The molecular weight excluding hydrogens is 286 g/mol. The van der Waals surface area contributed by atoms with E-state index in [0.717, 1.165) is 5.56 Å². The fourth-order valence-corrected chi connectivity index (χ4v) is 2.11. The quantitative estimate of drug-likeness (QED) is 0.739. The number of halogens is 3. The molecule has 0 N–H and O–H groups in total. The smallest absolute Gasteiger partial charge is 0.167 e. The van der Waals surface area contributed by atoms with Crippen molar-refractivity contribution in [3.8, 4) is 0 Å². The Kier molecular flexibility index (Phi) is 4.23. The molecule has 0 radical (unpaired) electrons. The van der Waals surface area contributed by atoms with E-state index in [1.54, 1.807) is 18.2 Å². The fourth-order valence-electron chi connectivity index (χ4n) is 1.76. The lowest BCUT2D eigenvalue weighted by molar-refractivity contribution is 0.0993. The van der Waals surface area contributed by atoms with Crippen molar-refractivity contribution in [2.45, 2.75) is 13.3 Å². The molecule has 2 aromatic rings. The van der Waals surface area contributed by atoms with Crippen LogP contribution < -0.4 is 0 Å². The van der Waals surface area contributed by atoms with Crippen LogP contribution in [0.2, 0.25) is 10.0 Å². The first kappa shape index (κ1) is 14.0. The first-order valence-electron chi connectivity index (χ1n) is 5.70. The van der Waals surface area contributed by atoms with Crippen LogP contribution in [0.15, 0.2) is 36.4 Å². The molecule has 0 aliphatic carbocycles. The van der Waals surface area contributed by atoms with E-state index in [4.69, 9.17) is 23.2 Å². The van der Waals surface area contributed by atoms with Crippen molar-refractivity contribution in [2.24, 2.45) is 0 Å². The molecule has 0 atom stereocenters. The highest BCUT2D eigenvalue weighted by molar-refractivity contribution is 6.32. The van der Waals surface area contributed by atoms with Crippen LogP contribution in [0.3, 0.4) is 0 Å². The van der Waals surface area contributed by atoms with Gasteiger partial charge in [-0.15, -0.1) is 0 Å². The third-order valence-electron chi connectivity index (χ3n) is 2.85. The van der Waals surface area contributed by atoms with Gasteiger partial charge in [-0.2, -0.15) is 0 Å². The molecule has 0 bridgehead atoms. The number of hydrogen-bond acceptors (Lipinski definition) is 1. The summed E-state index contributed by atoms with van der Waals surface area (Å²) in [5.41, 5.74) is 2.03. The predicted octanol–water partition coefficient (Wildman–Crippen LogP) is 4.87. The Balaban J connectivity index is 2.23. The summed E-state index contributed by atoms with van der Waals surface area (Å²) in [5, 5.41) is 0.885. The van der Waals surface area contributed by atoms with Crippen molar-refractivity contribution in [3.05, 3.63) is 69.0 Å². The minimum Gasteiger partial charge on any atom is -0.294 e. The molecule has 0 aromatic heterocycles. The maximum Gasteiger partial charge on any atom is 0.167 e. The monoisotopic (exact) mass is 296 g/mol. The van der Waals surface area contributed by atoms with Gasteiger partial charge in [0.15, 0.2) is 5.78 Å². The van der Waals surface area contributed by atoms with E-state index < -0.39 is 5.82 Å². The molecule has 0 heterocycles. The second kappa shape index (κ2) is 5.72. The van der Waals surface area contributed by atoms with Crippen LogP contribution in [0, 0.1) is 12.7 Å². The van der Waals surface area contributed by atoms with Crippen molar-refractivity contribution < 1.29 is 9.18 Å². The van der Waals surface area contributed by atoms with Gasteiger partial charge in [0.2, 0.25) is 0 Å². The molecule has 0 fully saturated rings. The summed E-state index contributed by atoms with van der Waals surface area (Å²) in [6.07, 6.45) is 0.139. The minimum atomic E-state index is -0.413. The SMILES string of the molecule is Cc1cc(C(=O)Cc2ccc(F)cc2Cl)ccc1Cl. The van der Waals surface area contributed by atoms with Crippen molar-refractivity contribution in [3.63, 3.8) is 0 Å². The highest BCUT2D eigenvalue weighted by atomic mass is 35.5. The molecule has 0 spiro atoms. The van der Waals surface area contributed by atoms with Crippen LogP contribution in [-0.2, 0) is 6.42 Å². The molecule has 0 saturated heterocycles. The topological polar surface area (TPSA) is 17.1 Å². The molecule has 0 aliphatic rings. The van der Waals surface area contributed by atoms with E-state index >= 15 is 0 Å². The van der Waals surface area contributed by atoms with Crippen molar-refractivity contribution >= 4 is 29.0 Å². The summed E-state index contributed by atoms with van der Waals surface area (Å²) in [6.45, 7) is 1.84. The first-order valence-corrected chi connectivity index (χ1v) is 6.46. The maximum absolute atomic E-state index is 12.9. The number of carbonyl (C=O) groups excluding carboxylic acids is 1. The Morgan fingerprint density at radius 1 is 1.11 bits per heavy atom. The van der Waals surface area contributed by atoms with Crippen LogP contribution in [0.5, 0.6) is 0 Å². The highest BCUT2D eigenvalue weighted by Gasteiger charge is 2.11. The molecule has 0 aliphatic heterocycles. The summed E-state index contributed by atoms with van der Waals surface area (Å²) in [4.78, 5) is 12.1. The predicted molar refractivity (Wildman–Crippen MR) is 75.6 cm³/mol. The fraction of sp³-hybridized carbons (Fsp3) is 0.133. The van der Waals surface area contributed by atoms with Gasteiger partial charge < -0.3 is 0 Å². The standard InChI is InChI=1S/C15H11Cl2FO/c1-9-6-11(3-5-13(9)16)15(19)7-10-2-4-12(18)8-14(10)17/h2-6,8H,7H2,1H3. The van der Waals surface area contributed by atoms with Crippen LogP contribution in [-0.4, -0.2) is 5.78 Å². The molecule has 0 unspecified atom stereocenters. The lowest BCUT2D eigenvalue weighted by Gasteiger charge is -2.06. The summed E-state index contributed by atoms with van der Waals surface area (Å²) in [5.74, 6) is -0.489. The van der Waals surface area contributed by atoms with E-state index in [1.807, 2.05) is 6.92 Å². The van der Waals surface area contributed by atoms with E-state index in [2.05, 4.69) is 0 Å². The van der Waals surface area contributed by atoms with Crippen LogP contribution in [0.1, 0.15) is 21.5 Å². The molecule has 1 nitrogen and oxygen atoms in total. The number of carbonyl (C=O) groups is 1. The Morgan fingerprint density at radius 2 is 1.84 bits per heavy atom. The lowest BCUT2D eigenvalue weighted by Crippen LogP contribution is -2.04. The van der Waals surface area contributed by atoms with Gasteiger partial charge in [0.05, 0.1) is 0 Å². The average molecular weight is 297 g/mol. The lowest BCUT2D eigenvalue weighted by atomic mass is 10.0. The second-order valence-electron chi connectivity index (χ2n) is 4.30. The summed E-state index contributed by atoms with van der Waals surface area (Å²) < 4.78 is 12.9. The number of rotatable bonds is 3. The molecule has 2 aromatic carbocycles. The van der Waals surface area contributed by atoms with Gasteiger partial charge in [-0.25, -0.2) is 4.39 Å². The molecular formula is C15H11Cl2FO. The highest BCUT2D eigenvalue weighted by Crippen LogP contribution is 2.21. The largest absolute Gasteiger partial charge is 0.294 e. The third kappa shape index (κ3) is 3.34. The zero-order valence-corrected chi connectivity index (χ0v) is 11.7. The van der Waals surface area contributed by atoms with Crippen LogP contribution in [0.4, 0.5) is 4.39 Å². The van der Waals surface area contributed by atoms with Gasteiger partial charge in [0.1, 0.15) is 5.82 Å². The third-order valence-corrected chi connectivity index (χ3v) is 3.62. The maximum atomic E-state index is 12.9. The normalized spacial score (nSPS) is 10.5. The Hall–Kier alpha value is -1.38. The summed E-state index contributed by atoms with van der Waals surface area (Å²) in [6, 6.07) is 9.13. The molecule has 0 saturated carbocycles.